The molecule has 32 heavy (non-hydrogen) atoms. The van der Waals surface area contributed by atoms with Crippen molar-refractivity contribution in [3.63, 3.8) is 0 Å². The second kappa shape index (κ2) is 7.60. The first-order chi connectivity index (χ1) is 15.4. The number of aromatic nitrogens is 1. The molecule has 1 atom stereocenters. The molecule has 2 aromatic heterocycles. The largest absolute Gasteiger partial charge is 0.497 e. The van der Waals surface area contributed by atoms with Crippen molar-refractivity contribution in [2.45, 2.75) is 33.2 Å². The third-order valence-corrected chi connectivity index (χ3v) is 7.07. The number of nitrogens with zero attached hydrogens (tertiary/aromatic N) is 2. The molecule has 0 bridgehead atoms. The van der Waals surface area contributed by atoms with E-state index in [-0.39, 0.29) is 17.1 Å². The zero-order chi connectivity index (χ0) is 22.6. The molecule has 1 amide bonds. The Labute approximate surface area is 189 Å². The molecule has 3 heterocycles. The molecule has 162 valence electrons. The Hall–Kier alpha value is -3.45. The zero-order valence-corrected chi connectivity index (χ0v) is 19.1. The van der Waals surface area contributed by atoms with E-state index in [1.165, 1.54) is 11.3 Å². The first-order valence-corrected chi connectivity index (χ1v) is 11.3. The van der Waals surface area contributed by atoms with Gasteiger partial charge in [0, 0.05) is 4.88 Å². The minimum atomic E-state index is -0.626. The predicted octanol–water partition coefficient (Wildman–Crippen LogP) is 5.19. The Balaban J connectivity index is 1.79. The molecule has 0 N–H and O–H groups in total. The maximum atomic E-state index is 13.7. The Morgan fingerprint density at radius 2 is 1.88 bits per heavy atom. The summed E-state index contributed by atoms with van der Waals surface area (Å²) in [5.41, 5.74) is 3.28. The molecule has 0 spiro atoms. The molecule has 4 aromatic rings. The number of carbonyl (C=O) groups excluding carboxylic acids is 1. The molecule has 1 aliphatic heterocycles. The van der Waals surface area contributed by atoms with Crippen molar-refractivity contribution in [3.8, 4) is 5.75 Å². The SMILES string of the molecule is CCc1ccc2oc3c(c(=O)c2c1)C(c1ccc(OC)cc1)N(c1nc(C)c(C)s1)C3=O. The molecule has 1 unspecified atom stereocenters. The van der Waals surface area contributed by atoms with Crippen LogP contribution in [-0.4, -0.2) is 18.0 Å². The van der Waals surface area contributed by atoms with Crippen LogP contribution in [-0.2, 0) is 6.42 Å². The highest BCUT2D eigenvalue weighted by atomic mass is 32.1. The standard InChI is InChI=1S/C25H22N2O4S/c1-5-15-6-11-19-18(12-15)22(28)20-21(16-7-9-17(30-4)10-8-16)27(24(29)23(20)31-19)25-26-13(2)14(3)32-25/h6-12,21H,5H2,1-4H3. The highest BCUT2D eigenvalue weighted by Crippen LogP contribution is 2.43. The van der Waals surface area contributed by atoms with Gasteiger partial charge in [0.1, 0.15) is 11.3 Å². The second-order valence-corrected chi connectivity index (χ2v) is 9.03. The average Bonchev–Trinajstić information content (AvgIpc) is 3.29. The van der Waals surface area contributed by atoms with Crippen molar-refractivity contribution in [2.75, 3.05) is 12.0 Å². The summed E-state index contributed by atoms with van der Waals surface area (Å²) in [6, 6.07) is 12.3. The fourth-order valence-electron chi connectivity index (χ4n) is 4.10. The Kier molecular flexibility index (Phi) is 4.86. The smallest absolute Gasteiger partial charge is 0.297 e. The average molecular weight is 447 g/mol. The van der Waals surface area contributed by atoms with E-state index in [9.17, 15) is 9.59 Å². The van der Waals surface area contributed by atoms with Crippen LogP contribution in [0.3, 0.4) is 0 Å². The number of fused-ring (bicyclic) bond motifs is 2. The lowest BCUT2D eigenvalue weighted by atomic mass is 9.98. The van der Waals surface area contributed by atoms with Gasteiger partial charge < -0.3 is 9.15 Å². The van der Waals surface area contributed by atoms with Crippen LogP contribution in [0.25, 0.3) is 11.0 Å². The van der Waals surface area contributed by atoms with Gasteiger partial charge in [0.25, 0.3) is 5.91 Å². The van der Waals surface area contributed by atoms with E-state index >= 15 is 0 Å². The van der Waals surface area contributed by atoms with Crippen molar-refractivity contribution in [2.24, 2.45) is 0 Å². The lowest BCUT2D eigenvalue weighted by Crippen LogP contribution is -2.29. The number of methoxy groups -OCH3 is 1. The van der Waals surface area contributed by atoms with Gasteiger partial charge in [-0.05, 0) is 55.7 Å². The summed E-state index contributed by atoms with van der Waals surface area (Å²) < 4.78 is 11.3. The van der Waals surface area contributed by atoms with Crippen LogP contribution < -0.4 is 15.1 Å². The maximum Gasteiger partial charge on any atom is 0.297 e. The molecule has 5 rings (SSSR count). The predicted molar refractivity (Wildman–Crippen MR) is 125 cm³/mol. The first-order valence-electron chi connectivity index (χ1n) is 10.4. The van der Waals surface area contributed by atoms with E-state index in [4.69, 9.17) is 9.15 Å². The summed E-state index contributed by atoms with van der Waals surface area (Å²) in [5.74, 6) is 0.426. The second-order valence-electron chi connectivity index (χ2n) is 7.85. The Morgan fingerprint density at radius 1 is 1.12 bits per heavy atom. The van der Waals surface area contributed by atoms with Gasteiger partial charge in [-0.1, -0.05) is 25.1 Å². The van der Waals surface area contributed by atoms with Gasteiger partial charge in [-0.3, -0.25) is 14.5 Å². The molecule has 7 heteroatoms. The molecule has 0 radical (unpaired) electrons. The number of thiazole rings is 1. The summed E-state index contributed by atoms with van der Waals surface area (Å²) in [6.45, 7) is 5.92. The van der Waals surface area contributed by atoms with Crippen molar-refractivity contribution >= 4 is 33.3 Å². The minimum absolute atomic E-state index is 0.0815. The monoisotopic (exact) mass is 446 g/mol. The Bertz CT molecular complexity index is 1400. The van der Waals surface area contributed by atoms with E-state index in [0.717, 1.165) is 28.1 Å². The fourth-order valence-corrected chi connectivity index (χ4v) is 5.03. The van der Waals surface area contributed by atoms with Crippen LogP contribution >= 0.6 is 11.3 Å². The van der Waals surface area contributed by atoms with Crippen molar-refractivity contribution < 1.29 is 13.9 Å². The number of hydrogen-bond acceptors (Lipinski definition) is 6. The van der Waals surface area contributed by atoms with Crippen molar-refractivity contribution in [1.82, 2.24) is 4.98 Å². The van der Waals surface area contributed by atoms with Crippen LogP contribution in [0.15, 0.2) is 51.7 Å². The Morgan fingerprint density at radius 3 is 2.50 bits per heavy atom. The van der Waals surface area contributed by atoms with Gasteiger partial charge in [-0.2, -0.15) is 0 Å². The maximum absolute atomic E-state index is 13.7. The van der Waals surface area contributed by atoms with Crippen molar-refractivity contribution in [1.29, 1.82) is 0 Å². The van der Waals surface area contributed by atoms with Gasteiger partial charge in [-0.25, -0.2) is 4.98 Å². The minimum Gasteiger partial charge on any atom is -0.497 e. The third-order valence-electron chi connectivity index (χ3n) is 6.00. The summed E-state index contributed by atoms with van der Waals surface area (Å²) in [7, 11) is 1.60. The number of amides is 1. The van der Waals surface area contributed by atoms with Crippen molar-refractivity contribution in [3.05, 3.63) is 85.7 Å². The van der Waals surface area contributed by atoms with Gasteiger partial charge >= 0.3 is 0 Å². The fraction of sp³-hybridized carbons (Fsp3) is 0.240. The number of anilines is 1. The molecule has 1 aliphatic rings. The van der Waals surface area contributed by atoms with Gasteiger partial charge in [0.05, 0.1) is 29.8 Å². The summed E-state index contributed by atoms with van der Waals surface area (Å²) in [4.78, 5) is 34.5. The van der Waals surface area contributed by atoms with E-state index in [2.05, 4.69) is 4.98 Å². The quantitative estimate of drug-likeness (QED) is 0.432. The van der Waals surface area contributed by atoms with E-state index < -0.39 is 6.04 Å². The van der Waals surface area contributed by atoms with Crippen LogP contribution in [0.5, 0.6) is 5.75 Å². The van der Waals surface area contributed by atoms with Gasteiger partial charge in [-0.15, -0.1) is 11.3 Å². The normalized spacial score (nSPS) is 15.4. The number of carbonyl (C=O) groups is 1. The first kappa shape index (κ1) is 20.5. The van der Waals surface area contributed by atoms with E-state index in [1.807, 2.05) is 57.2 Å². The van der Waals surface area contributed by atoms with Crippen LogP contribution in [0.4, 0.5) is 5.13 Å². The lowest BCUT2D eigenvalue weighted by molar-refractivity contribution is 0.0971. The van der Waals surface area contributed by atoms with Crippen LogP contribution in [0, 0.1) is 13.8 Å². The highest BCUT2D eigenvalue weighted by Gasteiger charge is 2.45. The molecule has 0 aliphatic carbocycles. The molecule has 0 fully saturated rings. The molecular formula is C25H22N2O4S. The number of hydrogen-bond donors (Lipinski definition) is 0. The van der Waals surface area contributed by atoms with Gasteiger partial charge in [0.2, 0.25) is 5.76 Å². The van der Waals surface area contributed by atoms with E-state index in [0.29, 0.717) is 27.4 Å². The number of aryl methyl sites for hydroxylation is 3. The molecule has 2 aromatic carbocycles. The lowest BCUT2D eigenvalue weighted by Gasteiger charge is -2.22. The third kappa shape index (κ3) is 3.04. The summed E-state index contributed by atoms with van der Waals surface area (Å²) in [5, 5.41) is 1.04. The highest BCUT2D eigenvalue weighted by molar-refractivity contribution is 7.15. The van der Waals surface area contributed by atoms with E-state index in [1.54, 1.807) is 18.1 Å². The van der Waals surface area contributed by atoms with Gasteiger partial charge in [0.15, 0.2) is 10.6 Å². The molecular weight excluding hydrogens is 424 g/mol. The number of rotatable bonds is 4. The molecule has 6 nitrogen and oxygen atoms in total. The topological polar surface area (TPSA) is 72.6 Å². The van der Waals surface area contributed by atoms with Crippen LogP contribution in [0.2, 0.25) is 0 Å². The van der Waals surface area contributed by atoms with Crippen LogP contribution in [0.1, 0.15) is 50.8 Å². The number of benzene rings is 2. The summed E-state index contributed by atoms with van der Waals surface area (Å²) in [6.07, 6.45) is 0.803. The zero-order valence-electron chi connectivity index (χ0n) is 18.3. The summed E-state index contributed by atoms with van der Waals surface area (Å²) >= 11 is 1.43. The number of ether oxygens (including phenoxy) is 1. The molecule has 0 saturated carbocycles. The molecule has 0 saturated heterocycles.